The van der Waals surface area contributed by atoms with Gasteiger partial charge in [0.2, 0.25) is 0 Å². The van der Waals surface area contributed by atoms with Gasteiger partial charge in [-0.05, 0) is 64.2 Å². The second kappa shape index (κ2) is 68.6. The molecule has 0 amide bonds. The molecule has 0 radical (unpaired) electrons. The minimum atomic E-state index is -0.769. The predicted molar refractivity (Wildman–Crippen MR) is 348 cm³/mol. The van der Waals surface area contributed by atoms with Crippen molar-refractivity contribution in [3.05, 3.63) is 60.8 Å². The van der Waals surface area contributed by atoms with Crippen LogP contribution < -0.4 is 0 Å². The molecular weight excluding hydrogens is 985 g/mol. The van der Waals surface area contributed by atoms with Gasteiger partial charge in [-0.15, -0.1) is 0 Å². The van der Waals surface area contributed by atoms with Gasteiger partial charge in [0, 0.05) is 19.3 Å². The number of hydrogen-bond acceptors (Lipinski definition) is 6. The molecule has 1 atom stereocenters. The Morgan fingerprint density at radius 2 is 0.487 bits per heavy atom. The maximum Gasteiger partial charge on any atom is 0.306 e. The molecule has 0 spiro atoms. The molecule has 0 aliphatic heterocycles. The molecule has 0 aromatic heterocycles. The maximum absolute atomic E-state index is 12.9. The van der Waals surface area contributed by atoms with Crippen molar-refractivity contribution in [1.29, 1.82) is 0 Å². The van der Waals surface area contributed by atoms with E-state index in [-0.39, 0.29) is 31.1 Å². The first-order valence-electron chi connectivity index (χ1n) is 35.3. The summed E-state index contributed by atoms with van der Waals surface area (Å²) in [5.41, 5.74) is 0. The first kappa shape index (κ1) is 77.1. The second-order valence-corrected chi connectivity index (χ2v) is 23.8. The summed E-state index contributed by atoms with van der Waals surface area (Å²) in [5, 5.41) is 0. The van der Waals surface area contributed by atoms with Crippen LogP contribution in [-0.4, -0.2) is 37.2 Å². The molecule has 0 heterocycles. The molecule has 1 unspecified atom stereocenters. The quantitative estimate of drug-likeness (QED) is 0.0261. The smallest absolute Gasteiger partial charge is 0.306 e. The van der Waals surface area contributed by atoms with Crippen molar-refractivity contribution in [3.63, 3.8) is 0 Å². The Balaban J connectivity index is 4.09. The molecule has 80 heavy (non-hydrogen) atoms. The highest BCUT2D eigenvalue weighted by Gasteiger charge is 2.19. The number of hydrogen-bond donors (Lipinski definition) is 0. The summed E-state index contributed by atoms with van der Waals surface area (Å²) >= 11 is 0. The van der Waals surface area contributed by atoms with Crippen LogP contribution in [0.3, 0.4) is 0 Å². The van der Waals surface area contributed by atoms with Crippen molar-refractivity contribution < 1.29 is 28.6 Å². The van der Waals surface area contributed by atoms with Crippen LogP contribution in [0.25, 0.3) is 0 Å². The molecular formula is C74H134O6. The topological polar surface area (TPSA) is 78.9 Å². The average molecular weight is 1120 g/mol. The van der Waals surface area contributed by atoms with Crippen LogP contribution in [0.5, 0.6) is 0 Å². The van der Waals surface area contributed by atoms with Crippen molar-refractivity contribution >= 4 is 17.9 Å². The van der Waals surface area contributed by atoms with Crippen molar-refractivity contribution in [2.24, 2.45) is 0 Å². The summed E-state index contributed by atoms with van der Waals surface area (Å²) in [5.74, 6) is -0.845. The first-order valence-corrected chi connectivity index (χ1v) is 35.3. The third kappa shape index (κ3) is 65.9. The van der Waals surface area contributed by atoms with Crippen molar-refractivity contribution in [2.75, 3.05) is 13.2 Å². The van der Waals surface area contributed by atoms with Crippen LogP contribution in [0.1, 0.15) is 374 Å². The van der Waals surface area contributed by atoms with E-state index in [1.54, 1.807) is 0 Å². The molecule has 0 N–H and O–H groups in total. The molecule has 0 aromatic rings. The number of rotatable bonds is 65. The lowest BCUT2D eigenvalue weighted by molar-refractivity contribution is -0.167. The van der Waals surface area contributed by atoms with E-state index in [1.165, 1.54) is 244 Å². The number of carbonyl (C=O) groups excluding carboxylic acids is 3. The van der Waals surface area contributed by atoms with E-state index in [0.717, 1.165) is 89.9 Å². The Labute approximate surface area is 498 Å². The number of allylic oxidation sites excluding steroid dienone is 10. The number of ether oxygens (including phenoxy) is 3. The van der Waals surface area contributed by atoms with Gasteiger partial charge in [0.1, 0.15) is 13.2 Å². The average Bonchev–Trinajstić information content (AvgIpc) is 3.46. The molecule has 0 aliphatic carbocycles. The van der Waals surface area contributed by atoms with Crippen molar-refractivity contribution in [3.8, 4) is 0 Å². The fraction of sp³-hybridized carbons (Fsp3) is 0.824. The zero-order chi connectivity index (χ0) is 57.8. The van der Waals surface area contributed by atoms with Crippen LogP contribution in [0.4, 0.5) is 0 Å². The Kier molecular flexibility index (Phi) is 66.1. The fourth-order valence-corrected chi connectivity index (χ4v) is 10.5. The van der Waals surface area contributed by atoms with Crippen LogP contribution >= 0.6 is 0 Å². The standard InChI is InChI=1S/C74H134O6/c1-4-7-10-13-16-19-21-23-25-27-29-31-33-34-35-36-37-38-39-40-41-43-44-46-48-50-52-55-58-61-64-67-73(76)79-70-71(69-78-72(75)66-63-60-57-54-18-15-12-9-6-3)80-74(77)68-65-62-59-56-53-51-49-47-45-42-32-30-28-26-24-22-20-17-14-11-8-5-2/h7,10,16,19,23,25,29,31,34-35,71H,4-6,8-9,11-15,17-18,20-22,24,26-28,30,32-33,36-70H2,1-3H3/b10-7-,19-16-,25-23-,31-29-,35-34-. The summed E-state index contributed by atoms with van der Waals surface area (Å²) in [4.78, 5) is 38.3. The molecule has 0 aromatic carbocycles. The zero-order valence-corrected chi connectivity index (χ0v) is 53.6. The predicted octanol–water partition coefficient (Wildman–Crippen LogP) is 24.3. The van der Waals surface area contributed by atoms with Crippen LogP contribution in [0.2, 0.25) is 0 Å². The van der Waals surface area contributed by atoms with Crippen LogP contribution in [0.15, 0.2) is 60.8 Å². The van der Waals surface area contributed by atoms with E-state index in [9.17, 15) is 14.4 Å². The van der Waals surface area contributed by atoms with E-state index in [2.05, 4.69) is 81.5 Å². The van der Waals surface area contributed by atoms with E-state index in [4.69, 9.17) is 14.2 Å². The third-order valence-electron chi connectivity index (χ3n) is 15.8. The normalized spacial score (nSPS) is 12.4. The monoisotopic (exact) mass is 1120 g/mol. The van der Waals surface area contributed by atoms with E-state index in [1.807, 2.05) is 0 Å². The lowest BCUT2D eigenvalue weighted by Gasteiger charge is -2.18. The molecule has 0 fully saturated rings. The van der Waals surface area contributed by atoms with Gasteiger partial charge in [0.15, 0.2) is 6.10 Å². The molecule has 0 saturated carbocycles. The summed E-state index contributed by atoms with van der Waals surface area (Å²) in [7, 11) is 0. The van der Waals surface area contributed by atoms with Crippen molar-refractivity contribution in [1.82, 2.24) is 0 Å². The summed E-state index contributed by atoms with van der Waals surface area (Å²) in [6.45, 7) is 6.57. The van der Waals surface area contributed by atoms with Gasteiger partial charge in [-0.2, -0.15) is 0 Å². The lowest BCUT2D eigenvalue weighted by atomic mass is 10.0. The van der Waals surface area contributed by atoms with Gasteiger partial charge >= 0.3 is 17.9 Å². The largest absolute Gasteiger partial charge is 0.462 e. The minimum Gasteiger partial charge on any atom is -0.462 e. The Morgan fingerprint density at radius 1 is 0.263 bits per heavy atom. The maximum atomic E-state index is 12.9. The number of unbranched alkanes of at least 4 members (excludes halogenated alkanes) is 44. The molecule has 0 saturated heterocycles. The molecule has 0 rings (SSSR count). The Morgan fingerprint density at radius 3 is 0.762 bits per heavy atom. The van der Waals surface area contributed by atoms with Gasteiger partial charge in [-0.1, -0.05) is 351 Å². The first-order chi connectivity index (χ1) is 39.5. The number of esters is 3. The van der Waals surface area contributed by atoms with Gasteiger partial charge in [-0.25, -0.2) is 0 Å². The molecule has 6 nitrogen and oxygen atoms in total. The lowest BCUT2D eigenvalue weighted by Crippen LogP contribution is -2.30. The van der Waals surface area contributed by atoms with E-state index in [0.29, 0.717) is 19.3 Å². The van der Waals surface area contributed by atoms with Gasteiger partial charge in [0.25, 0.3) is 0 Å². The zero-order valence-electron chi connectivity index (χ0n) is 53.6. The van der Waals surface area contributed by atoms with Gasteiger partial charge in [0.05, 0.1) is 0 Å². The van der Waals surface area contributed by atoms with Crippen LogP contribution in [0, 0.1) is 0 Å². The van der Waals surface area contributed by atoms with Gasteiger partial charge < -0.3 is 14.2 Å². The summed E-state index contributed by atoms with van der Waals surface area (Å²) < 4.78 is 16.9. The molecule has 466 valence electrons. The Bertz CT molecular complexity index is 1430. The van der Waals surface area contributed by atoms with Gasteiger partial charge in [-0.3, -0.25) is 14.4 Å². The highest BCUT2D eigenvalue weighted by molar-refractivity contribution is 5.71. The Hall–Kier alpha value is -2.89. The van der Waals surface area contributed by atoms with E-state index >= 15 is 0 Å². The molecule has 0 aliphatic rings. The van der Waals surface area contributed by atoms with Crippen LogP contribution in [-0.2, 0) is 28.6 Å². The van der Waals surface area contributed by atoms with E-state index < -0.39 is 6.10 Å². The molecule has 6 heteroatoms. The summed E-state index contributed by atoms with van der Waals surface area (Å²) in [6, 6.07) is 0. The molecule has 0 bridgehead atoms. The van der Waals surface area contributed by atoms with Crippen molar-refractivity contribution in [2.45, 2.75) is 380 Å². The second-order valence-electron chi connectivity index (χ2n) is 23.8. The summed E-state index contributed by atoms with van der Waals surface area (Å²) in [6.07, 6.45) is 88.4. The minimum absolute atomic E-state index is 0.0674. The third-order valence-corrected chi connectivity index (χ3v) is 15.8. The highest BCUT2D eigenvalue weighted by atomic mass is 16.6. The highest BCUT2D eigenvalue weighted by Crippen LogP contribution is 2.18. The fourth-order valence-electron chi connectivity index (χ4n) is 10.5. The SMILES string of the molecule is CC/C=C\C/C=C\C/C=C\C/C=C\C/C=C\CCCCCCCCCCCCCCCCCC(=O)OCC(COC(=O)CCCCCCCCCCC)OC(=O)CCCCCCCCCCCCCCCCCCCCCCCC. The number of carbonyl (C=O) groups is 3.